The highest BCUT2D eigenvalue weighted by molar-refractivity contribution is 7.47. The standard InChI is InChI=1S/C53H99O10P/c1-3-5-7-9-11-13-15-17-19-21-23-24-25-27-28-30-32-34-36-38-40-42-44-52(56)60-48-51(49-62-64(58,59)61-47-50(55)46-54)63-53(57)45-43-41-39-37-35-33-31-29-26-22-20-18-16-14-12-10-8-6-4-2/h12,14,18,20,26,29,50-51,54-55H,3-11,13,15-17,19,21-25,27-28,30-49H2,1-2H3,(H,58,59)/b14-12-,20-18-,29-26-. The van der Waals surface area contributed by atoms with E-state index in [1.54, 1.807) is 0 Å². The van der Waals surface area contributed by atoms with E-state index in [9.17, 15) is 24.2 Å². The molecule has 0 aromatic carbocycles. The van der Waals surface area contributed by atoms with Crippen LogP contribution in [0.2, 0.25) is 0 Å². The molecule has 0 saturated heterocycles. The maximum atomic E-state index is 12.7. The van der Waals surface area contributed by atoms with Gasteiger partial charge in [-0.25, -0.2) is 4.57 Å². The van der Waals surface area contributed by atoms with Crippen molar-refractivity contribution in [3.63, 3.8) is 0 Å². The average Bonchev–Trinajstić information content (AvgIpc) is 3.28. The smallest absolute Gasteiger partial charge is 0.462 e. The Morgan fingerprint density at radius 3 is 1.25 bits per heavy atom. The summed E-state index contributed by atoms with van der Waals surface area (Å²) in [6.45, 7) is 2.39. The predicted octanol–water partition coefficient (Wildman–Crippen LogP) is 15.1. The third kappa shape index (κ3) is 48.1. The van der Waals surface area contributed by atoms with Crippen molar-refractivity contribution in [2.24, 2.45) is 0 Å². The first-order valence-electron chi connectivity index (χ1n) is 26.4. The number of ether oxygens (including phenoxy) is 2. The molecule has 0 fully saturated rings. The molecular weight excluding hydrogens is 828 g/mol. The summed E-state index contributed by atoms with van der Waals surface area (Å²) in [5.41, 5.74) is 0. The summed E-state index contributed by atoms with van der Waals surface area (Å²) >= 11 is 0. The first-order chi connectivity index (χ1) is 31.2. The zero-order valence-electron chi connectivity index (χ0n) is 41.3. The average molecular weight is 927 g/mol. The van der Waals surface area contributed by atoms with Crippen LogP contribution in [0.3, 0.4) is 0 Å². The summed E-state index contributed by atoms with van der Waals surface area (Å²) in [5.74, 6) is -0.927. The lowest BCUT2D eigenvalue weighted by Crippen LogP contribution is -2.29. The number of rotatable bonds is 50. The molecular formula is C53H99O10P. The van der Waals surface area contributed by atoms with Crippen molar-refractivity contribution in [1.82, 2.24) is 0 Å². The summed E-state index contributed by atoms with van der Waals surface area (Å²) in [5, 5.41) is 18.4. The molecule has 0 aliphatic heterocycles. The topological polar surface area (TPSA) is 149 Å². The van der Waals surface area contributed by atoms with E-state index in [1.165, 1.54) is 141 Å². The highest BCUT2D eigenvalue weighted by Crippen LogP contribution is 2.43. The Morgan fingerprint density at radius 2 is 0.812 bits per heavy atom. The molecule has 0 spiro atoms. The molecule has 376 valence electrons. The first-order valence-corrected chi connectivity index (χ1v) is 27.9. The fourth-order valence-corrected chi connectivity index (χ4v) is 8.26. The van der Waals surface area contributed by atoms with E-state index >= 15 is 0 Å². The maximum absolute atomic E-state index is 12.7. The molecule has 11 heteroatoms. The summed E-state index contributed by atoms with van der Waals surface area (Å²) in [6.07, 6.45) is 54.0. The Morgan fingerprint density at radius 1 is 0.469 bits per heavy atom. The van der Waals surface area contributed by atoms with Crippen LogP contribution in [0.5, 0.6) is 0 Å². The molecule has 0 aromatic heterocycles. The fraction of sp³-hybridized carbons (Fsp3) is 0.849. The van der Waals surface area contributed by atoms with Gasteiger partial charge in [-0.05, 0) is 51.4 Å². The predicted molar refractivity (Wildman–Crippen MR) is 265 cm³/mol. The highest BCUT2D eigenvalue weighted by Gasteiger charge is 2.27. The van der Waals surface area contributed by atoms with Crippen LogP contribution in [0.25, 0.3) is 0 Å². The van der Waals surface area contributed by atoms with Crippen molar-refractivity contribution in [1.29, 1.82) is 0 Å². The number of carbonyl (C=O) groups excluding carboxylic acids is 2. The lowest BCUT2D eigenvalue weighted by molar-refractivity contribution is -0.161. The number of unbranched alkanes of at least 4 members (excludes halogenated alkanes) is 30. The minimum Gasteiger partial charge on any atom is -0.462 e. The molecule has 0 bridgehead atoms. The molecule has 0 aliphatic rings. The first kappa shape index (κ1) is 62.2. The Bertz CT molecular complexity index is 1160. The van der Waals surface area contributed by atoms with Gasteiger partial charge in [0.25, 0.3) is 0 Å². The molecule has 0 rings (SSSR count). The van der Waals surface area contributed by atoms with E-state index in [-0.39, 0.29) is 19.4 Å². The van der Waals surface area contributed by atoms with E-state index in [1.807, 2.05) is 0 Å². The summed E-state index contributed by atoms with van der Waals surface area (Å²) < 4.78 is 32.9. The lowest BCUT2D eigenvalue weighted by Gasteiger charge is -2.20. The zero-order valence-corrected chi connectivity index (χ0v) is 42.2. The molecule has 10 nitrogen and oxygen atoms in total. The van der Waals surface area contributed by atoms with Gasteiger partial charge < -0.3 is 24.6 Å². The second kappa shape index (κ2) is 49.1. The van der Waals surface area contributed by atoms with Gasteiger partial charge >= 0.3 is 19.8 Å². The largest absolute Gasteiger partial charge is 0.472 e. The van der Waals surface area contributed by atoms with Crippen LogP contribution in [0, 0.1) is 0 Å². The SMILES string of the molecule is CCCCC/C=C\C/C=C\C/C=C\CCCCCCCCC(=O)OC(COC(=O)CCCCCCCCCCCCCCCCCCCCCCCC)COP(=O)(O)OCC(O)CO. The van der Waals surface area contributed by atoms with Gasteiger partial charge in [0.2, 0.25) is 0 Å². The number of phosphoric ester groups is 1. The number of aliphatic hydroxyl groups excluding tert-OH is 2. The molecule has 3 N–H and O–H groups in total. The van der Waals surface area contributed by atoms with Crippen LogP contribution in [0.4, 0.5) is 0 Å². The monoisotopic (exact) mass is 927 g/mol. The molecule has 64 heavy (non-hydrogen) atoms. The maximum Gasteiger partial charge on any atom is 0.472 e. The van der Waals surface area contributed by atoms with Gasteiger partial charge in [-0.15, -0.1) is 0 Å². The van der Waals surface area contributed by atoms with Gasteiger partial charge in [0, 0.05) is 12.8 Å². The highest BCUT2D eigenvalue weighted by atomic mass is 31.2. The van der Waals surface area contributed by atoms with Crippen LogP contribution in [-0.2, 0) is 32.7 Å². The molecule has 0 heterocycles. The van der Waals surface area contributed by atoms with Crippen molar-refractivity contribution < 1.29 is 47.8 Å². The van der Waals surface area contributed by atoms with Gasteiger partial charge in [0.15, 0.2) is 6.10 Å². The second-order valence-corrected chi connectivity index (χ2v) is 19.4. The van der Waals surface area contributed by atoms with Gasteiger partial charge in [-0.3, -0.25) is 18.6 Å². The second-order valence-electron chi connectivity index (χ2n) is 17.9. The van der Waals surface area contributed by atoms with E-state index in [4.69, 9.17) is 23.6 Å². The van der Waals surface area contributed by atoms with E-state index < -0.39 is 51.8 Å². The van der Waals surface area contributed by atoms with Crippen LogP contribution >= 0.6 is 7.82 Å². The molecule has 0 amide bonds. The summed E-state index contributed by atoms with van der Waals surface area (Å²) in [6, 6.07) is 0. The van der Waals surface area contributed by atoms with Gasteiger partial charge in [0.05, 0.1) is 19.8 Å². The fourth-order valence-electron chi connectivity index (χ4n) is 7.47. The minimum absolute atomic E-state index is 0.171. The van der Waals surface area contributed by atoms with Crippen molar-refractivity contribution in [2.75, 3.05) is 26.4 Å². The van der Waals surface area contributed by atoms with Gasteiger partial charge in [0.1, 0.15) is 12.7 Å². The molecule has 0 aliphatic carbocycles. The molecule has 0 radical (unpaired) electrons. The number of phosphoric acid groups is 1. The third-order valence-electron chi connectivity index (χ3n) is 11.5. The van der Waals surface area contributed by atoms with Crippen molar-refractivity contribution in [2.45, 2.75) is 264 Å². The Labute approximate surface area is 392 Å². The Kier molecular flexibility index (Phi) is 47.7. The number of hydrogen-bond donors (Lipinski definition) is 3. The van der Waals surface area contributed by atoms with Crippen molar-refractivity contribution >= 4 is 19.8 Å². The number of esters is 2. The van der Waals surface area contributed by atoms with E-state index in [0.29, 0.717) is 12.8 Å². The summed E-state index contributed by atoms with van der Waals surface area (Å²) in [7, 11) is -4.63. The number of hydrogen-bond acceptors (Lipinski definition) is 9. The third-order valence-corrected chi connectivity index (χ3v) is 12.5. The Hall–Kier alpha value is -1.81. The van der Waals surface area contributed by atoms with Crippen LogP contribution in [0.1, 0.15) is 251 Å². The zero-order chi connectivity index (χ0) is 46.9. The van der Waals surface area contributed by atoms with Crippen LogP contribution in [-0.4, -0.2) is 65.7 Å². The Balaban J connectivity index is 4.15. The molecule has 3 atom stereocenters. The van der Waals surface area contributed by atoms with E-state index in [0.717, 1.165) is 70.6 Å². The molecule has 0 saturated carbocycles. The van der Waals surface area contributed by atoms with Crippen LogP contribution in [0.15, 0.2) is 36.5 Å². The van der Waals surface area contributed by atoms with Crippen molar-refractivity contribution in [3.05, 3.63) is 36.5 Å². The molecule has 3 unspecified atom stereocenters. The summed E-state index contributed by atoms with van der Waals surface area (Å²) in [4.78, 5) is 35.2. The van der Waals surface area contributed by atoms with Crippen molar-refractivity contribution in [3.8, 4) is 0 Å². The minimum atomic E-state index is -4.63. The van der Waals surface area contributed by atoms with Gasteiger partial charge in [-0.2, -0.15) is 0 Å². The number of allylic oxidation sites excluding steroid dienone is 6. The number of carbonyl (C=O) groups is 2. The van der Waals surface area contributed by atoms with E-state index in [2.05, 4.69) is 50.3 Å². The lowest BCUT2D eigenvalue weighted by atomic mass is 10.0. The molecule has 0 aromatic rings. The number of aliphatic hydroxyl groups is 2. The van der Waals surface area contributed by atoms with Crippen LogP contribution < -0.4 is 0 Å². The quantitative estimate of drug-likeness (QED) is 0.0233. The normalized spacial score (nSPS) is 13.9. The van der Waals surface area contributed by atoms with Gasteiger partial charge in [-0.1, -0.05) is 224 Å².